The van der Waals surface area contributed by atoms with Crippen LogP contribution < -0.4 is 10.6 Å². The molecule has 4 aromatic rings. The van der Waals surface area contributed by atoms with Gasteiger partial charge in [-0.05, 0) is 58.9 Å². The molecule has 0 aliphatic heterocycles. The van der Waals surface area contributed by atoms with E-state index in [0.29, 0.717) is 17.8 Å². The van der Waals surface area contributed by atoms with E-state index in [1.807, 2.05) is 25.1 Å². The zero-order valence-corrected chi connectivity index (χ0v) is 20.4. The van der Waals surface area contributed by atoms with Crippen LogP contribution in [-0.2, 0) is 26.4 Å². The van der Waals surface area contributed by atoms with Crippen molar-refractivity contribution in [3.8, 4) is 11.4 Å². The third kappa shape index (κ3) is 5.20. The summed E-state index contributed by atoms with van der Waals surface area (Å²) in [6, 6.07) is 11.8. The number of benzene rings is 2. The van der Waals surface area contributed by atoms with Crippen LogP contribution in [0.3, 0.4) is 0 Å². The Morgan fingerprint density at radius 1 is 1.08 bits per heavy atom. The number of carbonyl (C=O) groups excluding carboxylic acids is 2. The van der Waals surface area contributed by atoms with Gasteiger partial charge in [-0.2, -0.15) is 4.80 Å². The van der Waals surface area contributed by atoms with Crippen LogP contribution in [0, 0.1) is 5.82 Å². The lowest BCUT2D eigenvalue weighted by Gasteiger charge is -2.14. The van der Waals surface area contributed by atoms with Crippen LogP contribution in [0.4, 0.5) is 4.39 Å². The fourth-order valence-corrected chi connectivity index (χ4v) is 4.43. The van der Waals surface area contributed by atoms with Crippen molar-refractivity contribution < 1.29 is 14.0 Å². The van der Waals surface area contributed by atoms with Crippen LogP contribution in [0.5, 0.6) is 0 Å². The first-order chi connectivity index (χ1) is 17.9. The molecule has 0 saturated heterocycles. The smallest absolute Gasteiger partial charge is 0.270 e. The van der Waals surface area contributed by atoms with E-state index in [1.54, 1.807) is 19.2 Å². The monoisotopic (exact) mass is 500 g/mol. The molecule has 0 radical (unpaired) electrons. The zero-order chi connectivity index (χ0) is 25.9. The Labute approximate surface area is 212 Å². The molecule has 0 bridgehead atoms. The van der Waals surface area contributed by atoms with Gasteiger partial charge in [-0.3, -0.25) is 9.59 Å². The maximum Gasteiger partial charge on any atom is 0.270 e. The lowest BCUT2D eigenvalue weighted by atomic mass is 10.0. The molecule has 5 rings (SSSR count). The molecule has 0 unspecified atom stereocenters. The Morgan fingerprint density at radius 3 is 2.65 bits per heavy atom. The van der Waals surface area contributed by atoms with Gasteiger partial charge in [0, 0.05) is 18.2 Å². The third-order valence-corrected chi connectivity index (χ3v) is 6.37. The number of hydrogen-bond acceptors (Lipinski definition) is 7. The number of rotatable bonds is 7. The largest absolute Gasteiger partial charge is 0.347 e. The average molecular weight is 501 g/mol. The van der Waals surface area contributed by atoms with Gasteiger partial charge in [0.25, 0.3) is 11.8 Å². The van der Waals surface area contributed by atoms with Crippen molar-refractivity contribution in [1.82, 2.24) is 40.8 Å². The number of aromatic nitrogens is 6. The van der Waals surface area contributed by atoms with E-state index in [4.69, 9.17) is 0 Å². The number of tetrazole rings is 1. The van der Waals surface area contributed by atoms with Gasteiger partial charge >= 0.3 is 0 Å². The van der Waals surface area contributed by atoms with Crippen molar-refractivity contribution in [2.45, 2.75) is 38.8 Å². The molecule has 2 N–H and O–H groups in total. The lowest BCUT2D eigenvalue weighted by molar-refractivity contribution is 0.0931. The Morgan fingerprint density at radius 2 is 1.89 bits per heavy atom. The van der Waals surface area contributed by atoms with Gasteiger partial charge in [0.1, 0.15) is 23.5 Å². The number of carbonyl (C=O) groups is 2. The SMILES string of the molecule is CCc1cc(CNC(=O)c2cc(C(=O)N[C@H]3CCc4cc(-c5nnn(C)n5)ccc43)ncn2)ccc1F. The summed E-state index contributed by atoms with van der Waals surface area (Å²) in [5.74, 6) is -0.554. The Bertz CT molecular complexity index is 1490. The molecule has 2 aromatic carbocycles. The van der Waals surface area contributed by atoms with E-state index in [1.165, 1.54) is 23.3 Å². The highest BCUT2D eigenvalue weighted by molar-refractivity contribution is 5.97. The highest BCUT2D eigenvalue weighted by atomic mass is 19.1. The fourth-order valence-electron chi connectivity index (χ4n) is 4.43. The number of aryl methyl sites for hydroxylation is 3. The number of halogens is 1. The summed E-state index contributed by atoms with van der Waals surface area (Å²) in [4.78, 5) is 35.1. The Balaban J connectivity index is 1.23. The van der Waals surface area contributed by atoms with Crippen LogP contribution in [0.1, 0.15) is 62.6 Å². The van der Waals surface area contributed by atoms with E-state index < -0.39 is 5.91 Å². The summed E-state index contributed by atoms with van der Waals surface area (Å²) >= 11 is 0. The molecule has 2 amide bonds. The number of nitrogens with zero attached hydrogens (tertiary/aromatic N) is 6. The molecule has 10 nitrogen and oxygen atoms in total. The molecule has 37 heavy (non-hydrogen) atoms. The summed E-state index contributed by atoms with van der Waals surface area (Å²) in [6.45, 7) is 2.08. The van der Waals surface area contributed by atoms with E-state index in [2.05, 4.69) is 36.0 Å². The van der Waals surface area contributed by atoms with Gasteiger partial charge in [-0.15, -0.1) is 10.2 Å². The number of hydrogen-bond donors (Lipinski definition) is 2. The minimum absolute atomic E-state index is 0.0749. The molecule has 0 saturated carbocycles. The van der Waals surface area contributed by atoms with Gasteiger partial charge < -0.3 is 10.6 Å². The second kappa shape index (κ2) is 10.2. The average Bonchev–Trinajstić information content (AvgIpc) is 3.53. The topological polar surface area (TPSA) is 128 Å². The summed E-state index contributed by atoms with van der Waals surface area (Å²) < 4.78 is 13.7. The molecule has 2 heterocycles. The maximum atomic E-state index is 13.7. The highest BCUT2D eigenvalue weighted by Gasteiger charge is 2.26. The molecule has 1 aliphatic rings. The van der Waals surface area contributed by atoms with E-state index in [0.717, 1.165) is 35.1 Å². The van der Waals surface area contributed by atoms with Crippen LogP contribution in [0.25, 0.3) is 11.4 Å². The van der Waals surface area contributed by atoms with Crippen LogP contribution >= 0.6 is 0 Å². The molecule has 2 aromatic heterocycles. The number of fused-ring (bicyclic) bond motifs is 1. The third-order valence-electron chi connectivity index (χ3n) is 6.37. The quantitative estimate of drug-likeness (QED) is 0.399. The molecule has 0 fully saturated rings. The second-order valence-corrected chi connectivity index (χ2v) is 8.83. The predicted octanol–water partition coefficient (Wildman–Crippen LogP) is 2.72. The first-order valence-electron chi connectivity index (χ1n) is 12.0. The predicted molar refractivity (Wildman–Crippen MR) is 132 cm³/mol. The van der Waals surface area contributed by atoms with Crippen molar-refractivity contribution in [2.75, 3.05) is 0 Å². The molecule has 0 spiro atoms. The lowest BCUT2D eigenvalue weighted by Crippen LogP contribution is -2.29. The molecule has 1 aliphatic carbocycles. The zero-order valence-electron chi connectivity index (χ0n) is 20.4. The minimum Gasteiger partial charge on any atom is -0.347 e. The van der Waals surface area contributed by atoms with Crippen LogP contribution in [0.15, 0.2) is 48.8 Å². The van der Waals surface area contributed by atoms with E-state index in [-0.39, 0.29) is 35.7 Å². The summed E-state index contributed by atoms with van der Waals surface area (Å²) in [7, 11) is 1.71. The number of nitrogens with one attached hydrogen (secondary N) is 2. The first kappa shape index (κ1) is 24.2. The minimum atomic E-state index is -0.449. The van der Waals surface area contributed by atoms with Crippen LogP contribution in [-0.4, -0.2) is 42.0 Å². The van der Waals surface area contributed by atoms with E-state index in [9.17, 15) is 14.0 Å². The Hall–Kier alpha value is -4.54. The second-order valence-electron chi connectivity index (χ2n) is 8.83. The van der Waals surface area contributed by atoms with Crippen molar-refractivity contribution in [2.24, 2.45) is 7.05 Å². The van der Waals surface area contributed by atoms with Gasteiger partial charge in [0.15, 0.2) is 0 Å². The highest BCUT2D eigenvalue weighted by Crippen LogP contribution is 2.33. The molecule has 11 heteroatoms. The van der Waals surface area contributed by atoms with E-state index >= 15 is 0 Å². The standard InChI is InChI=1S/C26H25FN8O2/c1-3-16-10-15(4-8-20(16)27)13-28-25(36)22-12-23(30-14-29-22)26(37)31-21-9-6-17-11-18(5-7-19(17)21)24-32-34-35(2)33-24/h4-5,7-8,10-12,14,21H,3,6,9,13H2,1-2H3,(H,28,36)(H,31,37)/t21-/m0/s1. The fraction of sp³-hybridized carbons (Fsp3) is 0.269. The first-order valence-corrected chi connectivity index (χ1v) is 12.0. The van der Waals surface area contributed by atoms with Crippen molar-refractivity contribution in [1.29, 1.82) is 0 Å². The summed E-state index contributed by atoms with van der Waals surface area (Å²) in [5.41, 5.74) is 4.55. The van der Waals surface area contributed by atoms with Gasteiger partial charge in [0.2, 0.25) is 5.82 Å². The molecule has 1 atom stereocenters. The van der Waals surface area contributed by atoms with Crippen LogP contribution in [0.2, 0.25) is 0 Å². The van der Waals surface area contributed by atoms with Crippen molar-refractivity contribution >= 4 is 11.8 Å². The maximum absolute atomic E-state index is 13.7. The summed E-state index contributed by atoms with van der Waals surface area (Å²) in [6.07, 6.45) is 3.30. The normalized spacial score (nSPS) is 14.3. The summed E-state index contributed by atoms with van der Waals surface area (Å²) in [5, 5.41) is 17.9. The van der Waals surface area contributed by atoms with Crippen molar-refractivity contribution in [3.05, 3.63) is 88.3 Å². The number of amides is 2. The van der Waals surface area contributed by atoms with Gasteiger partial charge in [0.05, 0.1) is 13.1 Å². The van der Waals surface area contributed by atoms with Crippen molar-refractivity contribution in [3.63, 3.8) is 0 Å². The molecular formula is C26H25FN8O2. The van der Waals surface area contributed by atoms with Gasteiger partial charge in [-0.1, -0.05) is 31.2 Å². The molecule has 188 valence electrons. The Kier molecular flexibility index (Phi) is 6.67. The van der Waals surface area contributed by atoms with Gasteiger partial charge in [-0.25, -0.2) is 14.4 Å². The molecular weight excluding hydrogens is 475 g/mol.